The van der Waals surface area contributed by atoms with Crippen LogP contribution >= 0.6 is 0 Å². The quantitative estimate of drug-likeness (QED) is 0.836. The van der Waals surface area contributed by atoms with Gasteiger partial charge >= 0.3 is 0 Å². The Hall–Kier alpha value is -1.09. The van der Waals surface area contributed by atoms with Crippen molar-refractivity contribution in [3.8, 4) is 5.75 Å². The molecule has 0 fully saturated rings. The summed E-state index contributed by atoms with van der Waals surface area (Å²) >= 11 is 0. The third kappa shape index (κ3) is 3.81. The van der Waals surface area contributed by atoms with Crippen LogP contribution in [0.25, 0.3) is 0 Å². The molecular formula is C13H20FNO. The van der Waals surface area contributed by atoms with Crippen LogP contribution in [0.4, 0.5) is 4.39 Å². The van der Waals surface area contributed by atoms with Gasteiger partial charge < -0.3 is 10.5 Å². The molecule has 0 saturated carbocycles. The number of ether oxygens (including phenoxy) is 1. The van der Waals surface area contributed by atoms with Gasteiger partial charge in [0.15, 0.2) is 11.6 Å². The molecule has 1 atom stereocenters. The smallest absolute Gasteiger partial charge is 0.165 e. The van der Waals surface area contributed by atoms with Gasteiger partial charge in [0.05, 0.1) is 7.11 Å². The highest BCUT2D eigenvalue weighted by Crippen LogP contribution is 2.19. The summed E-state index contributed by atoms with van der Waals surface area (Å²) in [5.74, 6) is 0.537. The zero-order valence-corrected chi connectivity index (χ0v) is 10.2. The van der Waals surface area contributed by atoms with E-state index in [0.717, 1.165) is 18.4 Å². The molecule has 1 rings (SSSR count). The fraction of sp³-hybridized carbons (Fsp3) is 0.538. The Morgan fingerprint density at radius 1 is 1.38 bits per heavy atom. The largest absolute Gasteiger partial charge is 0.494 e. The van der Waals surface area contributed by atoms with Crippen LogP contribution in [0.15, 0.2) is 18.2 Å². The molecule has 1 unspecified atom stereocenters. The van der Waals surface area contributed by atoms with Gasteiger partial charge in [0.2, 0.25) is 0 Å². The van der Waals surface area contributed by atoms with E-state index in [0.29, 0.717) is 5.92 Å². The first kappa shape index (κ1) is 13.0. The van der Waals surface area contributed by atoms with Crippen molar-refractivity contribution >= 4 is 0 Å². The summed E-state index contributed by atoms with van der Waals surface area (Å²) in [7, 11) is 1.47. The maximum absolute atomic E-state index is 13.2. The zero-order valence-electron chi connectivity index (χ0n) is 10.2. The van der Waals surface area contributed by atoms with Crippen molar-refractivity contribution in [2.45, 2.75) is 32.7 Å². The lowest BCUT2D eigenvalue weighted by molar-refractivity contribution is 0.385. The zero-order chi connectivity index (χ0) is 12.1. The molecule has 0 aliphatic heterocycles. The maximum Gasteiger partial charge on any atom is 0.165 e. The standard InChI is InChI=1S/C13H20FNO/c1-9(2)6-11(15)7-10-4-5-12(14)13(8-10)16-3/h4-5,8-9,11H,6-7,15H2,1-3H3. The summed E-state index contributed by atoms with van der Waals surface area (Å²) in [5.41, 5.74) is 7.02. The molecule has 16 heavy (non-hydrogen) atoms. The van der Waals surface area contributed by atoms with Crippen LogP contribution in [0.3, 0.4) is 0 Å². The molecule has 3 heteroatoms. The Kier molecular flexibility index (Phi) is 4.74. The average Bonchev–Trinajstić information content (AvgIpc) is 2.19. The third-order valence-corrected chi connectivity index (χ3v) is 2.49. The average molecular weight is 225 g/mol. The minimum Gasteiger partial charge on any atom is -0.494 e. The summed E-state index contributed by atoms with van der Waals surface area (Å²) < 4.78 is 18.1. The van der Waals surface area contributed by atoms with E-state index in [-0.39, 0.29) is 17.6 Å². The topological polar surface area (TPSA) is 35.2 Å². The van der Waals surface area contributed by atoms with E-state index in [4.69, 9.17) is 10.5 Å². The molecule has 0 bridgehead atoms. The lowest BCUT2D eigenvalue weighted by Gasteiger charge is -2.14. The molecule has 1 aromatic rings. The van der Waals surface area contributed by atoms with E-state index >= 15 is 0 Å². The highest BCUT2D eigenvalue weighted by molar-refractivity contribution is 5.30. The van der Waals surface area contributed by atoms with Gasteiger partial charge in [-0.2, -0.15) is 0 Å². The first-order valence-corrected chi connectivity index (χ1v) is 5.61. The summed E-state index contributed by atoms with van der Waals surface area (Å²) in [5, 5.41) is 0. The summed E-state index contributed by atoms with van der Waals surface area (Å²) in [4.78, 5) is 0. The van der Waals surface area contributed by atoms with E-state index < -0.39 is 0 Å². The predicted octanol–water partition coefficient (Wildman–Crippen LogP) is 2.75. The monoisotopic (exact) mass is 225 g/mol. The Balaban J connectivity index is 2.67. The first-order valence-electron chi connectivity index (χ1n) is 5.61. The molecular weight excluding hydrogens is 205 g/mol. The summed E-state index contributed by atoms with van der Waals surface area (Å²) in [6.07, 6.45) is 1.73. The maximum atomic E-state index is 13.2. The van der Waals surface area contributed by atoms with Gasteiger partial charge in [0, 0.05) is 6.04 Å². The summed E-state index contributed by atoms with van der Waals surface area (Å²) in [6, 6.07) is 5.03. The van der Waals surface area contributed by atoms with E-state index in [9.17, 15) is 4.39 Å². The van der Waals surface area contributed by atoms with Gasteiger partial charge in [-0.3, -0.25) is 0 Å². The van der Waals surface area contributed by atoms with Gasteiger partial charge in [-0.25, -0.2) is 4.39 Å². The highest BCUT2D eigenvalue weighted by Gasteiger charge is 2.09. The lowest BCUT2D eigenvalue weighted by atomic mass is 9.98. The van der Waals surface area contributed by atoms with Crippen molar-refractivity contribution in [3.63, 3.8) is 0 Å². The second kappa shape index (κ2) is 5.85. The van der Waals surface area contributed by atoms with Crippen LogP contribution in [0.5, 0.6) is 5.75 Å². The van der Waals surface area contributed by atoms with Crippen LogP contribution < -0.4 is 10.5 Å². The molecule has 0 radical (unpaired) electrons. The van der Waals surface area contributed by atoms with Gasteiger partial charge in [-0.05, 0) is 36.5 Å². The van der Waals surface area contributed by atoms with Gasteiger partial charge in [0.1, 0.15) is 0 Å². The number of hydrogen-bond donors (Lipinski definition) is 1. The molecule has 0 saturated heterocycles. The third-order valence-electron chi connectivity index (χ3n) is 2.49. The number of benzene rings is 1. The van der Waals surface area contributed by atoms with E-state index in [1.807, 2.05) is 0 Å². The number of halogens is 1. The highest BCUT2D eigenvalue weighted by atomic mass is 19.1. The fourth-order valence-electron chi connectivity index (χ4n) is 1.82. The minimum absolute atomic E-state index is 0.121. The first-order chi connectivity index (χ1) is 7.52. The molecule has 2 nitrogen and oxygen atoms in total. The van der Waals surface area contributed by atoms with Crippen LogP contribution in [-0.2, 0) is 6.42 Å². The van der Waals surface area contributed by atoms with Crippen LogP contribution in [-0.4, -0.2) is 13.2 Å². The van der Waals surface area contributed by atoms with Crippen molar-refractivity contribution in [2.75, 3.05) is 7.11 Å². The van der Waals surface area contributed by atoms with Crippen LogP contribution in [0, 0.1) is 11.7 Å². The molecule has 90 valence electrons. The van der Waals surface area contributed by atoms with Gasteiger partial charge in [-0.1, -0.05) is 19.9 Å². The molecule has 0 spiro atoms. The lowest BCUT2D eigenvalue weighted by Crippen LogP contribution is -2.24. The Morgan fingerprint density at radius 3 is 2.62 bits per heavy atom. The van der Waals surface area contributed by atoms with Crippen molar-refractivity contribution in [1.82, 2.24) is 0 Å². The van der Waals surface area contributed by atoms with Crippen LogP contribution in [0.2, 0.25) is 0 Å². The molecule has 0 aliphatic carbocycles. The molecule has 2 N–H and O–H groups in total. The normalized spacial score (nSPS) is 12.9. The van der Waals surface area contributed by atoms with E-state index in [1.54, 1.807) is 12.1 Å². The molecule has 0 aromatic heterocycles. The second-order valence-corrected chi connectivity index (χ2v) is 4.56. The Labute approximate surface area is 96.6 Å². The predicted molar refractivity (Wildman–Crippen MR) is 64.1 cm³/mol. The van der Waals surface area contributed by atoms with Crippen molar-refractivity contribution < 1.29 is 9.13 Å². The van der Waals surface area contributed by atoms with Crippen molar-refractivity contribution in [2.24, 2.45) is 11.7 Å². The Bertz CT molecular complexity index is 339. The van der Waals surface area contributed by atoms with Crippen LogP contribution in [0.1, 0.15) is 25.8 Å². The molecule has 0 heterocycles. The number of nitrogens with two attached hydrogens (primary N) is 1. The fourth-order valence-corrected chi connectivity index (χ4v) is 1.82. The van der Waals surface area contributed by atoms with E-state index in [1.165, 1.54) is 13.2 Å². The second-order valence-electron chi connectivity index (χ2n) is 4.56. The number of hydrogen-bond acceptors (Lipinski definition) is 2. The SMILES string of the molecule is COc1cc(CC(N)CC(C)C)ccc1F. The molecule has 0 amide bonds. The minimum atomic E-state index is -0.330. The Morgan fingerprint density at radius 2 is 2.06 bits per heavy atom. The van der Waals surface area contributed by atoms with Gasteiger partial charge in [0.25, 0.3) is 0 Å². The van der Waals surface area contributed by atoms with Gasteiger partial charge in [-0.15, -0.1) is 0 Å². The van der Waals surface area contributed by atoms with Crippen molar-refractivity contribution in [1.29, 1.82) is 0 Å². The molecule has 1 aromatic carbocycles. The van der Waals surface area contributed by atoms with E-state index in [2.05, 4.69) is 13.8 Å². The van der Waals surface area contributed by atoms with Crippen molar-refractivity contribution in [3.05, 3.63) is 29.6 Å². The molecule has 0 aliphatic rings. The summed E-state index contributed by atoms with van der Waals surface area (Å²) in [6.45, 7) is 4.29. The number of methoxy groups -OCH3 is 1. The number of rotatable bonds is 5.